The van der Waals surface area contributed by atoms with Gasteiger partial charge in [-0.15, -0.1) is 0 Å². The normalized spacial score (nSPS) is 12.2. The first-order chi connectivity index (χ1) is 8.54. The Labute approximate surface area is 112 Å². The van der Waals surface area contributed by atoms with Crippen molar-refractivity contribution in [1.29, 1.82) is 5.26 Å². The van der Waals surface area contributed by atoms with Crippen LogP contribution in [0.4, 0.5) is 0 Å². The summed E-state index contributed by atoms with van der Waals surface area (Å²) in [5.41, 5.74) is 0.274. The van der Waals surface area contributed by atoms with Crippen LogP contribution in [0.3, 0.4) is 0 Å². The number of halogens is 1. The van der Waals surface area contributed by atoms with Crippen LogP contribution in [-0.4, -0.2) is 30.5 Å². The lowest BCUT2D eigenvalue weighted by Gasteiger charge is -2.15. The van der Waals surface area contributed by atoms with Gasteiger partial charge in [-0.05, 0) is 26.0 Å². The third kappa shape index (κ3) is 4.53. The predicted molar refractivity (Wildman–Crippen MR) is 68.8 cm³/mol. The Bertz CT molecular complexity index is 429. The van der Waals surface area contributed by atoms with E-state index in [9.17, 15) is 5.11 Å². The van der Waals surface area contributed by atoms with Crippen LogP contribution < -0.4 is 4.74 Å². The third-order valence-electron chi connectivity index (χ3n) is 2.14. The average molecular weight is 270 g/mol. The number of benzene rings is 1. The summed E-state index contributed by atoms with van der Waals surface area (Å²) in [7, 11) is 0. The molecule has 0 fully saturated rings. The van der Waals surface area contributed by atoms with E-state index in [0.29, 0.717) is 10.8 Å². The van der Waals surface area contributed by atoms with Gasteiger partial charge in [0.1, 0.15) is 30.1 Å². The first kappa shape index (κ1) is 14.8. The van der Waals surface area contributed by atoms with Crippen LogP contribution in [0.5, 0.6) is 5.75 Å². The zero-order chi connectivity index (χ0) is 13.5. The molecule has 1 unspecified atom stereocenters. The number of aliphatic hydroxyl groups is 1. The maximum atomic E-state index is 9.63. The van der Waals surface area contributed by atoms with Gasteiger partial charge in [-0.1, -0.05) is 17.7 Å². The molecule has 4 nitrogen and oxygen atoms in total. The molecule has 18 heavy (non-hydrogen) atoms. The highest BCUT2D eigenvalue weighted by Gasteiger charge is 2.11. The summed E-state index contributed by atoms with van der Waals surface area (Å²) in [5.74, 6) is 0.369. The van der Waals surface area contributed by atoms with Gasteiger partial charge in [-0.25, -0.2) is 0 Å². The second kappa shape index (κ2) is 7.22. The average Bonchev–Trinajstić information content (AvgIpc) is 2.33. The number of aliphatic hydroxyl groups excluding tert-OH is 1. The van der Waals surface area contributed by atoms with Crippen LogP contribution in [0, 0.1) is 11.3 Å². The van der Waals surface area contributed by atoms with Crippen molar-refractivity contribution in [3.63, 3.8) is 0 Å². The molecule has 0 bridgehead atoms. The molecular weight excluding hydrogens is 254 g/mol. The van der Waals surface area contributed by atoms with Gasteiger partial charge in [0.05, 0.1) is 17.7 Å². The predicted octanol–water partition coefficient (Wildman–Crippen LogP) is 2.38. The van der Waals surface area contributed by atoms with Gasteiger partial charge in [-0.2, -0.15) is 5.26 Å². The summed E-state index contributed by atoms with van der Waals surface area (Å²) in [6.07, 6.45) is -0.682. The maximum absolute atomic E-state index is 9.63. The molecule has 1 aromatic carbocycles. The van der Waals surface area contributed by atoms with E-state index in [1.54, 1.807) is 18.2 Å². The van der Waals surface area contributed by atoms with E-state index < -0.39 is 6.10 Å². The van der Waals surface area contributed by atoms with Gasteiger partial charge in [0, 0.05) is 0 Å². The molecule has 0 heterocycles. The zero-order valence-electron chi connectivity index (χ0n) is 10.4. The van der Waals surface area contributed by atoms with Crippen molar-refractivity contribution in [2.24, 2.45) is 0 Å². The van der Waals surface area contributed by atoms with Crippen molar-refractivity contribution >= 4 is 11.6 Å². The highest BCUT2D eigenvalue weighted by molar-refractivity contribution is 6.31. The molecule has 5 heteroatoms. The lowest BCUT2D eigenvalue weighted by Crippen LogP contribution is -2.25. The van der Waals surface area contributed by atoms with Gasteiger partial charge < -0.3 is 14.6 Å². The van der Waals surface area contributed by atoms with E-state index in [4.69, 9.17) is 26.3 Å². The Morgan fingerprint density at radius 1 is 1.39 bits per heavy atom. The molecular formula is C13H16ClNO3. The van der Waals surface area contributed by atoms with Crippen LogP contribution in [0.15, 0.2) is 18.2 Å². The Morgan fingerprint density at radius 2 is 2.11 bits per heavy atom. The van der Waals surface area contributed by atoms with E-state index >= 15 is 0 Å². The third-order valence-corrected chi connectivity index (χ3v) is 2.46. The Kier molecular flexibility index (Phi) is 5.93. The fourth-order valence-electron chi connectivity index (χ4n) is 1.27. The fraction of sp³-hybridized carbons (Fsp3) is 0.462. The summed E-state index contributed by atoms with van der Waals surface area (Å²) in [4.78, 5) is 0. The number of hydrogen-bond acceptors (Lipinski definition) is 4. The smallest absolute Gasteiger partial charge is 0.138 e. The fourth-order valence-corrected chi connectivity index (χ4v) is 1.48. The summed E-state index contributed by atoms with van der Waals surface area (Å²) in [6, 6.07) is 6.91. The Balaban J connectivity index is 2.54. The van der Waals surface area contributed by atoms with E-state index in [2.05, 4.69) is 0 Å². The van der Waals surface area contributed by atoms with E-state index in [1.165, 1.54) is 0 Å². The minimum Gasteiger partial charge on any atom is -0.489 e. The molecule has 0 radical (unpaired) electrons. The number of nitriles is 1. The zero-order valence-corrected chi connectivity index (χ0v) is 11.1. The monoisotopic (exact) mass is 269 g/mol. The van der Waals surface area contributed by atoms with Gasteiger partial charge in [0.2, 0.25) is 0 Å². The quantitative estimate of drug-likeness (QED) is 0.861. The first-order valence-corrected chi connectivity index (χ1v) is 6.03. The van der Waals surface area contributed by atoms with E-state index in [1.807, 2.05) is 19.9 Å². The molecule has 1 aromatic rings. The van der Waals surface area contributed by atoms with Gasteiger partial charge in [-0.3, -0.25) is 0 Å². The Morgan fingerprint density at radius 3 is 2.72 bits per heavy atom. The molecule has 0 amide bonds. The molecule has 1 N–H and O–H groups in total. The van der Waals surface area contributed by atoms with Crippen molar-refractivity contribution in [2.75, 3.05) is 13.2 Å². The highest BCUT2D eigenvalue weighted by Crippen LogP contribution is 2.25. The minimum absolute atomic E-state index is 0.0560. The molecule has 0 saturated carbocycles. The largest absolute Gasteiger partial charge is 0.489 e. The van der Waals surface area contributed by atoms with Crippen molar-refractivity contribution in [3.8, 4) is 11.8 Å². The van der Waals surface area contributed by atoms with E-state index in [0.717, 1.165) is 0 Å². The molecule has 0 saturated heterocycles. The lowest BCUT2D eigenvalue weighted by molar-refractivity contribution is -0.0123. The van der Waals surface area contributed by atoms with Crippen LogP contribution >= 0.6 is 11.6 Å². The van der Waals surface area contributed by atoms with Crippen LogP contribution in [0.1, 0.15) is 19.4 Å². The summed E-state index contributed by atoms with van der Waals surface area (Å²) < 4.78 is 10.6. The molecule has 0 spiro atoms. The van der Waals surface area contributed by atoms with Crippen LogP contribution in [-0.2, 0) is 4.74 Å². The molecule has 0 aliphatic heterocycles. The van der Waals surface area contributed by atoms with Crippen LogP contribution in [0.25, 0.3) is 0 Å². The molecule has 0 aromatic heterocycles. The summed E-state index contributed by atoms with van der Waals surface area (Å²) in [6.45, 7) is 4.03. The number of rotatable bonds is 6. The second-order valence-electron chi connectivity index (χ2n) is 4.07. The van der Waals surface area contributed by atoms with Gasteiger partial charge in [0.15, 0.2) is 0 Å². The molecule has 1 atom stereocenters. The molecule has 1 rings (SSSR count). The van der Waals surface area contributed by atoms with Gasteiger partial charge >= 0.3 is 0 Å². The molecule has 98 valence electrons. The minimum atomic E-state index is -0.738. The lowest BCUT2D eigenvalue weighted by atomic mass is 10.2. The summed E-state index contributed by atoms with van der Waals surface area (Å²) in [5, 5.41) is 18.9. The highest BCUT2D eigenvalue weighted by atomic mass is 35.5. The van der Waals surface area contributed by atoms with Gasteiger partial charge in [0.25, 0.3) is 0 Å². The Hall–Kier alpha value is -1.28. The topological polar surface area (TPSA) is 62.5 Å². The number of hydrogen-bond donors (Lipinski definition) is 1. The maximum Gasteiger partial charge on any atom is 0.138 e. The van der Waals surface area contributed by atoms with E-state index in [-0.39, 0.29) is 24.9 Å². The summed E-state index contributed by atoms with van der Waals surface area (Å²) >= 11 is 5.86. The SMILES string of the molecule is CC(C)OCC(O)COc1cccc(Cl)c1C#N. The number of ether oxygens (including phenoxy) is 2. The van der Waals surface area contributed by atoms with Crippen molar-refractivity contribution < 1.29 is 14.6 Å². The number of nitrogens with zero attached hydrogens (tertiary/aromatic N) is 1. The van der Waals surface area contributed by atoms with Crippen LogP contribution in [0.2, 0.25) is 5.02 Å². The first-order valence-electron chi connectivity index (χ1n) is 5.65. The van der Waals surface area contributed by atoms with Crippen molar-refractivity contribution in [3.05, 3.63) is 28.8 Å². The second-order valence-corrected chi connectivity index (χ2v) is 4.48. The molecule has 0 aliphatic rings. The standard InChI is InChI=1S/C13H16ClNO3/c1-9(2)17-7-10(16)8-18-13-5-3-4-12(14)11(13)6-15/h3-5,9-10,16H,7-8H2,1-2H3. The molecule has 0 aliphatic carbocycles. The van der Waals surface area contributed by atoms with Crippen molar-refractivity contribution in [2.45, 2.75) is 26.1 Å². The van der Waals surface area contributed by atoms with Crippen molar-refractivity contribution in [1.82, 2.24) is 0 Å².